The molecule has 1 saturated heterocycles. The average molecular weight is 225 g/mol. The van der Waals surface area contributed by atoms with Gasteiger partial charge in [-0.05, 0) is 26.3 Å². The average Bonchev–Trinajstić information content (AvgIpc) is 2.84. The summed E-state index contributed by atoms with van der Waals surface area (Å²) in [4.78, 5) is 7.08. The summed E-state index contributed by atoms with van der Waals surface area (Å²) < 4.78 is 0. The second kappa shape index (κ2) is 4.49. The van der Waals surface area contributed by atoms with E-state index in [1.165, 1.54) is 24.6 Å². The van der Waals surface area contributed by atoms with E-state index in [4.69, 9.17) is 0 Å². The lowest BCUT2D eigenvalue weighted by Crippen LogP contribution is -2.19. The standard InChI is InChI=1S/C11H19N3S/c1-8-4-5-14(6-8)11-13-10(7-15-11)9(2)12-3/h7-9,12H,4-6H2,1-3H3. The van der Waals surface area contributed by atoms with Crippen LogP contribution < -0.4 is 10.2 Å². The van der Waals surface area contributed by atoms with Crippen molar-refractivity contribution in [1.29, 1.82) is 0 Å². The Labute approximate surface area is 95.5 Å². The Bertz CT molecular complexity index is 323. The fraction of sp³-hybridized carbons (Fsp3) is 0.727. The molecule has 1 aliphatic heterocycles. The monoisotopic (exact) mass is 225 g/mol. The van der Waals surface area contributed by atoms with E-state index in [1.807, 2.05) is 7.05 Å². The number of thiazole rings is 1. The van der Waals surface area contributed by atoms with Crippen LogP contribution in [0, 0.1) is 5.92 Å². The number of nitrogens with one attached hydrogen (secondary N) is 1. The van der Waals surface area contributed by atoms with Gasteiger partial charge in [0, 0.05) is 24.5 Å². The number of hydrogen-bond donors (Lipinski definition) is 1. The fourth-order valence-electron chi connectivity index (χ4n) is 1.88. The summed E-state index contributed by atoms with van der Waals surface area (Å²) in [5.41, 5.74) is 1.16. The third-order valence-electron chi connectivity index (χ3n) is 3.08. The zero-order chi connectivity index (χ0) is 10.8. The van der Waals surface area contributed by atoms with Crippen molar-refractivity contribution in [3.05, 3.63) is 11.1 Å². The first-order chi connectivity index (χ1) is 7.20. The maximum atomic E-state index is 4.68. The van der Waals surface area contributed by atoms with Gasteiger partial charge in [-0.2, -0.15) is 0 Å². The van der Waals surface area contributed by atoms with Crippen LogP contribution in [0.5, 0.6) is 0 Å². The van der Waals surface area contributed by atoms with Crippen LogP contribution in [-0.2, 0) is 0 Å². The van der Waals surface area contributed by atoms with Crippen LogP contribution in [0.2, 0.25) is 0 Å². The lowest BCUT2D eigenvalue weighted by molar-refractivity contribution is 0.635. The van der Waals surface area contributed by atoms with Gasteiger partial charge in [0.2, 0.25) is 0 Å². The zero-order valence-electron chi connectivity index (χ0n) is 9.66. The minimum Gasteiger partial charge on any atom is -0.348 e. The third kappa shape index (κ3) is 2.32. The second-order valence-corrected chi connectivity index (χ2v) is 5.24. The first-order valence-electron chi connectivity index (χ1n) is 5.58. The summed E-state index contributed by atoms with van der Waals surface area (Å²) in [6.45, 7) is 6.79. The minimum absolute atomic E-state index is 0.357. The molecule has 1 N–H and O–H groups in total. The molecule has 15 heavy (non-hydrogen) atoms. The number of aromatic nitrogens is 1. The van der Waals surface area contributed by atoms with Gasteiger partial charge < -0.3 is 10.2 Å². The number of rotatable bonds is 3. The Morgan fingerprint density at radius 1 is 1.67 bits per heavy atom. The first-order valence-corrected chi connectivity index (χ1v) is 6.46. The van der Waals surface area contributed by atoms with Crippen molar-refractivity contribution in [2.24, 2.45) is 5.92 Å². The molecule has 1 aromatic heterocycles. The van der Waals surface area contributed by atoms with Crippen molar-refractivity contribution in [2.45, 2.75) is 26.3 Å². The molecule has 0 amide bonds. The maximum Gasteiger partial charge on any atom is 0.185 e. The highest BCUT2D eigenvalue weighted by atomic mass is 32.1. The number of nitrogens with zero attached hydrogens (tertiary/aromatic N) is 2. The molecule has 0 saturated carbocycles. The molecule has 2 atom stereocenters. The van der Waals surface area contributed by atoms with Gasteiger partial charge in [0.25, 0.3) is 0 Å². The predicted molar refractivity (Wildman–Crippen MR) is 65.6 cm³/mol. The lowest BCUT2D eigenvalue weighted by atomic mass is 10.2. The normalized spacial score (nSPS) is 23.4. The van der Waals surface area contributed by atoms with Crippen LogP contribution in [0.25, 0.3) is 0 Å². The Morgan fingerprint density at radius 3 is 3.07 bits per heavy atom. The third-order valence-corrected chi connectivity index (χ3v) is 4.00. The molecular formula is C11H19N3S. The van der Waals surface area contributed by atoms with Gasteiger partial charge in [0.1, 0.15) is 0 Å². The Balaban J connectivity index is 2.07. The van der Waals surface area contributed by atoms with Gasteiger partial charge in [-0.1, -0.05) is 6.92 Å². The summed E-state index contributed by atoms with van der Waals surface area (Å²) in [6, 6.07) is 0.357. The molecule has 0 aromatic carbocycles. The van der Waals surface area contributed by atoms with Crippen LogP contribution in [0.15, 0.2) is 5.38 Å². The van der Waals surface area contributed by atoms with E-state index < -0.39 is 0 Å². The molecule has 0 radical (unpaired) electrons. The van der Waals surface area contributed by atoms with E-state index in [-0.39, 0.29) is 0 Å². The second-order valence-electron chi connectivity index (χ2n) is 4.41. The van der Waals surface area contributed by atoms with Gasteiger partial charge >= 0.3 is 0 Å². The van der Waals surface area contributed by atoms with Crippen LogP contribution in [0.4, 0.5) is 5.13 Å². The van der Waals surface area contributed by atoms with Gasteiger partial charge in [0.05, 0.1) is 5.69 Å². The van der Waals surface area contributed by atoms with Crippen molar-refractivity contribution >= 4 is 16.5 Å². The van der Waals surface area contributed by atoms with E-state index in [0.717, 1.165) is 11.6 Å². The molecule has 0 spiro atoms. The number of anilines is 1. The Morgan fingerprint density at radius 2 is 2.47 bits per heavy atom. The first kappa shape index (κ1) is 10.9. The summed E-state index contributed by atoms with van der Waals surface area (Å²) in [5, 5.41) is 6.58. The molecule has 2 heterocycles. The largest absolute Gasteiger partial charge is 0.348 e. The van der Waals surface area contributed by atoms with E-state index in [9.17, 15) is 0 Å². The highest BCUT2D eigenvalue weighted by Crippen LogP contribution is 2.28. The van der Waals surface area contributed by atoms with E-state index in [0.29, 0.717) is 6.04 Å². The maximum absolute atomic E-state index is 4.68. The molecule has 3 nitrogen and oxygen atoms in total. The fourth-order valence-corrected chi connectivity index (χ4v) is 2.83. The molecule has 0 aliphatic carbocycles. The summed E-state index contributed by atoms with van der Waals surface area (Å²) in [5.74, 6) is 0.819. The molecule has 0 bridgehead atoms. The van der Waals surface area contributed by atoms with Crippen LogP contribution in [0.3, 0.4) is 0 Å². The Kier molecular flexibility index (Phi) is 3.26. The molecule has 84 valence electrons. The zero-order valence-corrected chi connectivity index (χ0v) is 10.5. The van der Waals surface area contributed by atoms with Crippen LogP contribution in [-0.4, -0.2) is 25.1 Å². The van der Waals surface area contributed by atoms with E-state index in [1.54, 1.807) is 11.3 Å². The molecule has 2 unspecified atom stereocenters. The highest BCUT2D eigenvalue weighted by molar-refractivity contribution is 7.13. The van der Waals surface area contributed by atoms with E-state index >= 15 is 0 Å². The number of hydrogen-bond acceptors (Lipinski definition) is 4. The molecule has 1 aromatic rings. The van der Waals surface area contributed by atoms with E-state index in [2.05, 4.69) is 34.4 Å². The topological polar surface area (TPSA) is 28.2 Å². The highest BCUT2D eigenvalue weighted by Gasteiger charge is 2.21. The van der Waals surface area contributed by atoms with Crippen molar-refractivity contribution in [3.8, 4) is 0 Å². The molecule has 1 fully saturated rings. The predicted octanol–water partition coefficient (Wildman–Crippen LogP) is 2.27. The molecule has 1 aliphatic rings. The van der Waals surface area contributed by atoms with Crippen molar-refractivity contribution in [2.75, 3.05) is 25.0 Å². The lowest BCUT2D eigenvalue weighted by Gasteiger charge is -2.13. The SMILES string of the molecule is CNC(C)c1csc(N2CCC(C)C2)n1. The molecular weight excluding hydrogens is 206 g/mol. The van der Waals surface area contributed by atoms with Gasteiger partial charge in [0.15, 0.2) is 5.13 Å². The molecule has 2 rings (SSSR count). The Hall–Kier alpha value is -0.610. The smallest absolute Gasteiger partial charge is 0.185 e. The van der Waals surface area contributed by atoms with Gasteiger partial charge in [-0.15, -0.1) is 11.3 Å². The quantitative estimate of drug-likeness (QED) is 0.855. The van der Waals surface area contributed by atoms with Gasteiger partial charge in [-0.3, -0.25) is 0 Å². The van der Waals surface area contributed by atoms with Crippen molar-refractivity contribution < 1.29 is 0 Å². The van der Waals surface area contributed by atoms with Crippen molar-refractivity contribution in [1.82, 2.24) is 10.3 Å². The van der Waals surface area contributed by atoms with Gasteiger partial charge in [-0.25, -0.2) is 4.98 Å². The van der Waals surface area contributed by atoms with Crippen LogP contribution >= 0.6 is 11.3 Å². The molecule has 4 heteroatoms. The minimum atomic E-state index is 0.357. The van der Waals surface area contributed by atoms with Crippen molar-refractivity contribution in [3.63, 3.8) is 0 Å². The summed E-state index contributed by atoms with van der Waals surface area (Å²) in [7, 11) is 1.97. The summed E-state index contributed by atoms with van der Waals surface area (Å²) in [6.07, 6.45) is 1.30. The summed E-state index contributed by atoms with van der Waals surface area (Å²) >= 11 is 1.77. The van der Waals surface area contributed by atoms with Crippen LogP contribution in [0.1, 0.15) is 32.0 Å².